The zero-order valence-electron chi connectivity index (χ0n) is 17.8. The van der Waals surface area contributed by atoms with Gasteiger partial charge < -0.3 is 15.5 Å². The predicted molar refractivity (Wildman–Crippen MR) is 111 cm³/mol. The normalized spacial score (nSPS) is 24.9. The Kier molecular flexibility index (Phi) is 6.29. The lowest BCUT2D eigenvalue weighted by Crippen LogP contribution is -2.47. The van der Waals surface area contributed by atoms with Crippen molar-refractivity contribution in [1.29, 1.82) is 0 Å². The van der Waals surface area contributed by atoms with Crippen molar-refractivity contribution in [3.8, 4) is 0 Å². The van der Waals surface area contributed by atoms with Crippen molar-refractivity contribution in [2.75, 3.05) is 6.54 Å². The number of nitrogens with zero attached hydrogens (tertiary/aromatic N) is 2. The predicted octanol–water partition coefficient (Wildman–Crippen LogP) is 0.464. The topological polar surface area (TPSA) is 130 Å². The lowest BCUT2D eigenvalue weighted by atomic mass is 9.91. The number of hydrogen-bond donors (Lipinski definition) is 2. The minimum atomic E-state index is -3.64. The van der Waals surface area contributed by atoms with Crippen LogP contribution in [0.15, 0.2) is 12.3 Å². The van der Waals surface area contributed by atoms with E-state index in [2.05, 4.69) is 0 Å². The van der Waals surface area contributed by atoms with Gasteiger partial charge in [-0.25, -0.2) is 13.1 Å². The van der Waals surface area contributed by atoms with Crippen LogP contribution in [0.1, 0.15) is 59.3 Å². The van der Waals surface area contributed by atoms with Crippen LogP contribution in [0.5, 0.6) is 0 Å². The van der Waals surface area contributed by atoms with E-state index in [4.69, 9.17) is 5.73 Å². The second kappa shape index (κ2) is 8.30. The van der Waals surface area contributed by atoms with Gasteiger partial charge in [0.05, 0.1) is 5.25 Å². The molecule has 1 aliphatic heterocycles. The van der Waals surface area contributed by atoms with E-state index in [1.54, 1.807) is 4.90 Å². The molecule has 2 atom stereocenters. The summed E-state index contributed by atoms with van der Waals surface area (Å²) in [6, 6.07) is -0.990. The van der Waals surface area contributed by atoms with E-state index < -0.39 is 27.2 Å². The second-order valence-electron chi connectivity index (χ2n) is 9.80. The molecule has 0 aromatic carbocycles. The van der Waals surface area contributed by atoms with Crippen LogP contribution in [0, 0.1) is 5.41 Å². The number of rotatable bonds is 7. The van der Waals surface area contributed by atoms with Crippen molar-refractivity contribution < 1.29 is 22.8 Å². The number of likely N-dealkylation sites (tertiary alicyclic amines) is 1. The molecule has 0 spiro atoms. The van der Waals surface area contributed by atoms with Gasteiger partial charge in [-0.2, -0.15) is 0 Å². The first kappa shape index (κ1) is 22.7. The third-order valence-electron chi connectivity index (χ3n) is 5.41. The Morgan fingerprint density at radius 2 is 1.80 bits per heavy atom. The molecule has 10 heteroatoms. The zero-order chi connectivity index (χ0) is 22.3. The Balaban J connectivity index is 1.69. The maximum absolute atomic E-state index is 13.2. The highest BCUT2D eigenvalue weighted by atomic mass is 32.2. The minimum absolute atomic E-state index is 0.0435. The fourth-order valence-corrected chi connectivity index (χ4v) is 4.89. The van der Waals surface area contributed by atoms with Crippen molar-refractivity contribution in [3.63, 3.8) is 0 Å². The van der Waals surface area contributed by atoms with Gasteiger partial charge in [-0.1, -0.05) is 20.8 Å². The molecule has 9 nitrogen and oxygen atoms in total. The molecule has 3 fully saturated rings. The summed E-state index contributed by atoms with van der Waals surface area (Å²) in [6.07, 6.45) is 5.80. The SMILES string of the molecule is CC(C)(C)CC(=O)N1CC(N)CC1C(=O)N(C=CC(=O)NS(=O)(=O)C1CC1)C1CC1. The monoisotopic (exact) mass is 440 g/mol. The summed E-state index contributed by atoms with van der Waals surface area (Å²) in [5.41, 5.74) is 5.85. The van der Waals surface area contributed by atoms with Crippen LogP contribution >= 0.6 is 0 Å². The molecule has 2 aliphatic carbocycles. The van der Waals surface area contributed by atoms with E-state index in [-0.39, 0.29) is 29.3 Å². The molecular weight excluding hydrogens is 408 g/mol. The summed E-state index contributed by atoms with van der Waals surface area (Å²) in [5, 5.41) is -0.501. The average molecular weight is 441 g/mol. The Hall–Kier alpha value is -1.94. The average Bonchev–Trinajstić information content (AvgIpc) is 3.49. The number of amides is 3. The molecule has 1 saturated heterocycles. The molecule has 0 radical (unpaired) electrons. The van der Waals surface area contributed by atoms with Gasteiger partial charge in [-0.3, -0.25) is 14.4 Å². The zero-order valence-corrected chi connectivity index (χ0v) is 18.7. The number of carbonyl (C=O) groups excluding carboxylic acids is 3. The third-order valence-corrected chi connectivity index (χ3v) is 7.24. The molecule has 3 rings (SSSR count). The van der Waals surface area contributed by atoms with Gasteiger partial charge >= 0.3 is 0 Å². The van der Waals surface area contributed by atoms with E-state index >= 15 is 0 Å². The molecule has 2 saturated carbocycles. The Morgan fingerprint density at radius 1 is 1.17 bits per heavy atom. The Labute approximate surface area is 178 Å². The van der Waals surface area contributed by atoms with E-state index in [1.165, 1.54) is 11.1 Å². The Bertz CT molecular complexity index is 840. The largest absolute Gasteiger partial charge is 0.329 e. The van der Waals surface area contributed by atoms with Gasteiger partial charge in [0, 0.05) is 37.3 Å². The first-order chi connectivity index (χ1) is 13.9. The summed E-state index contributed by atoms with van der Waals surface area (Å²) in [4.78, 5) is 41.1. The van der Waals surface area contributed by atoms with Crippen LogP contribution in [0.25, 0.3) is 0 Å². The minimum Gasteiger partial charge on any atom is -0.329 e. The van der Waals surface area contributed by atoms with Crippen LogP contribution in [0.4, 0.5) is 0 Å². The molecule has 3 amide bonds. The van der Waals surface area contributed by atoms with Crippen LogP contribution in [0.2, 0.25) is 0 Å². The van der Waals surface area contributed by atoms with E-state index in [9.17, 15) is 22.8 Å². The van der Waals surface area contributed by atoms with Gasteiger partial charge in [0.25, 0.3) is 5.91 Å². The lowest BCUT2D eigenvalue weighted by Gasteiger charge is -2.30. The summed E-state index contributed by atoms with van der Waals surface area (Å²) < 4.78 is 25.8. The smallest absolute Gasteiger partial charge is 0.258 e. The molecule has 1 heterocycles. The van der Waals surface area contributed by atoms with Gasteiger partial charge in [0.2, 0.25) is 21.8 Å². The first-order valence-electron chi connectivity index (χ1n) is 10.5. The lowest BCUT2D eigenvalue weighted by molar-refractivity contribution is -0.143. The fourth-order valence-electron chi connectivity index (χ4n) is 3.62. The summed E-state index contributed by atoms with van der Waals surface area (Å²) >= 11 is 0. The van der Waals surface area contributed by atoms with Gasteiger partial charge in [-0.15, -0.1) is 0 Å². The number of nitrogens with one attached hydrogen (secondary N) is 1. The second-order valence-corrected chi connectivity index (χ2v) is 11.8. The standard InChI is InChI=1S/C20H32N4O5S/c1-20(2,3)11-18(26)24-12-13(21)10-16(24)19(27)23(14-4-5-14)9-8-17(25)22-30(28,29)15-6-7-15/h8-9,13-16H,4-7,10-12,21H2,1-3H3,(H,22,25). The highest BCUT2D eigenvalue weighted by molar-refractivity contribution is 7.91. The van der Waals surface area contributed by atoms with Crippen LogP contribution < -0.4 is 10.5 Å². The molecular formula is C20H32N4O5S. The third kappa shape index (κ3) is 5.81. The highest BCUT2D eigenvalue weighted by Crippen LogP contribution is 2.31. The number of sulfonamides is 1. The van der Waals surface area contributed by atoms with Crippen molar-refractivity contribution >= 4 is 27.7 Å². The molecule has 30 heavy (non-hydrogen) atoms. The Morgan fingerprint density at radius 3 is 2.33 bits per heavy atom. The quantitative estimate of drug-likeness (QED) is 0.553. The van der Waals surface area contributed by atoms with Crippen LogP contribution in [-0.4, -0.2) is 65.9 Å². The van der Waals surface area contributed by atoms with Gasteiger partial charge in [0.15, 0.2) is 0 Å². The molecule has 2 unspecified atom stereocenters. The first-order valence-corrected chi connectivity index (χ1v) is 12.0. The molecule has 168 valence electrons. The molecule has 0 aromatic heterocycles. The molecule has 0 bridgehead atoms. The van der Waals surface area contributed by atoms with Crippen molar-refractivity contribution in [2.45, 2.75) is 82.7 Å². The van der Waals surface area contributed by atoms with Gasteiger partial charge in [-0.05, 0) is 37.5 Å². The van der Waals surface area contributed by atoms with Gasteiger partial charge in [0.1, 0.15) is 6.04 Å². The summed E-state index contributed by atoms with van der Waals surface area (Å²) in [5.74, 6) is -1.16. The maximum atomic E-state index is 13.2. The summed E-state index contributed by atoms with van der Waals surface area (Å²) in [7, 11) is -3.64. The molecule has 3 aliphatic rings. The van der Waals surface area contributed by atoms with Crippen molar-refractivity contribution in [2.24, 2.45) is 11.1 Å². The van der Waals surface area contributed by atoms with E-state index in [0.717, 1.165) is 18.9 Å². The fraction of sp³-hybridized carbons (Fsp3) is 0.750. The van der Waals surface area contributed by atoms with E-state index in [0.29, 0.717) is 32.2 Å². The van der Waals surface area contributed by atoms with Crippen LogP contribution in [-0.2, 0) is 24.4 Å². The number of hydrogen-bond acceptors (Lipinski definition) is 6. The maximum Gasteiger partial charge on any atom is 0.258 e. The van der Waals surface area contributed by atoms with Crippen molar-refractivity contribution in [3.05, 3.63) is 12.3 Å². The molecule has 0 aromatic rings. The molecule has 3 N–H and O–H groups in total. The summed E-state index contributed by atoms with van der Waals surface area (Å²) in [6.45, 7) is 6.22. The highest BCUT2D eigenvalue weighted by Gasteiger charge is 2.43. The number of carbonyl (C=O) groups is 3. The van der Waals surface area contributed by atoms with E-state index in [1.807, 2.05) is 25.5 Å². The van der Waals surface area contributed by atoms with Crippen LogP contribution in [0.3, 0.4) is 0 Å². The number of nitrogens with two attached hydrogens (primary N) is 1. The van der Waals surface area contributed by atoms with Crippen molar-refractivity contribution in [1.82, 2.24) is 14.5 Å².